The molecule has 1 aromatic heterocycles. The van der Waals surface area contributed by atoms with Gasteiger partial charge in [0, 0.05) is 18.8 Å². The molecule has 3 aliphatic rings. The van der Waals surface area contributed by atoms with Gasteiger partial charge < -0.3 is 15.5 Å². The fourth-order valence-electron chi connectivity index (χ4n) is 4.92. The second-order valence-corrected chi connectivity index (χ2v) is 8.85. The third-order valence-electron chi connectivity index (χ3n) is 6.64. The van der Waals surface area contributed by atoms with Crippen molar-refractivity contribution in [3.8, 4) is 0 Å². The molecule has 4 rings (SSSR count). The lowest BCUT2D eigenvalue weighted by Crippen LogP contribution is -2.53. The lowest BCUT2D eigenvalue weighted by Gasteiger charge is -2.35. The Balaban J connectivity index is 1.41. The first-order valence-electron chi connectivity index (χ1n) is 11.0. The van der Waals surface area contributed by atoms with E-state index in [9.17, 15) is 19.2 Å². The standard InChI is InChI=1S/C22H29N5O4/c1-14-7-5-9-17(23-14)24-18(28)16-8-6-12-26(13-16)19(29)15(2)27-20(30)22(25-21(27)31)10-3-4-11-22/h5,7,9,15-16H,3-4,6,8,10-13H2,1-2H3,(H,25,31)(H,23,24,28). The van der Waals surface area contributed by atoms with E-state index in [-0.39, 0.29) is 30.2 Å². The summed E-state index contributed by atoms with van der Waals surface area (Å²) in [6.45, 7) is 4.21. The first kappa shape index (κ1) is 21.3. The van der Waals surface area contributed by atoms with Gasteiger partial charge in [0.2, 0.25) is 11.8 Å². The number of amides is 5. The van der Waals surface area contributed by atoms with Gasteiger partial charge in [-0.15, -0.1) is 0 Å². The SMILES string of the molecule is Cc1cccc(NC(=O)C2CCCN(C(=O)C(C)N3C(=O)NC4(CCCC4)C3=O)C2)n1. The van der Waals surface area contributed by atoms with Crippen molar-refractivity contribution in [3.63, 3.8) is 0 Å². The van der Waals surface area contributed by atoms with E-state index >= 15 is 0 Å². The molecule has 9 nitrogen and oxygen atoms in total. The number of aromatic nitrogens is 1. The zero-order valence-electron chi connectivity index (χ0n) is 18.0. The van der Waals surface area contributed by atoms with Crippen LogP contribution in [0.5, 0.6) is 0 Å². The molecule has 1 aliphatic carbocycles. The van der Waals surface area contributed by atoms with E-state index in [1.165, 1.54) is 0 Å². The van der Waals surface area contributed by atoms with Gasteiger partial charge in [0.05, 0.1) is 5.92 Å². The molecule has 9 heteroatoms. The Morgan fingerprint density at radius 1 is 1.23 bits per heavy atom. The van der Waals surface area contributed by atoms with E-state index < -0.39 is 17.6 Å². The first-order valence-corrected chi connectivity index (χ1v) is 11.0. The number of rotatable bonds is 4. The summed E-state index contributed by atoms with van der Waals surface area (Å²) >= 11 is 0. The Labute approximate surface area is 181 Å². The predicted molar refractivity (Wildman–Crippen MR) is 113 cm³/mol. The largest absolute Gasteiger partial charge is 0.340 e. The summed E-state index contributed by atoms with van der Waals surface area (Å²) < 4.78 is 0. The summed E-state index contributed by atoms with van der Waals surface area (Å²) in [5, 5.41) is 5.65. The lowest BCUT2D eigenvalue weighted by atomic mass is 9.96. The van der Waals surface area contributed by atoms with Crippen molar-refractivity contribution < 1.29 is 19.2 Å². The van der Waals surface area contributed by atoms with Crippen molar-refractivity contribution in [1.82, 2.24) is 20.1 Å². The van der Waals surface area contributed by atoms with E-state index in [0.29, 0.717) is 38.0 Å². The van der Waals surface area contributed by atoms with Crippen molar-refractivity contribution in [2.75, 3.05) is 18.4 Å². The van der Waals surface area contributed by atoms with Crippen molar-refractivity contribution in [3.05, 3.63) is 23.9 Å². The Hall–Kier alpha value is -2.97. The zero-order valence-corrected chi connectivity index (χ0v) is 18.0. The molecule has 2 N–H and O–H groups in total. The molecule has 0 bridgehead atoms. The van der Waals surface area contributed by atoms with E-state index in [1.807, 2.05) is 19.1 Å². The highest BCUT2D eigenvalue weighted by Gasteiger charge is 2.55. The molecule has 3 fully saturated rings. The van der Waals surface area contributed by atoms with Crippen LogP contribution in [-0.4, -0.2) is 63.2 Å². The first-order chi connectivity index (χ1) is 14.8. The summed E-state index contributed by atoms with van der Waals surface area (Å²) in [7, 11) is 0. The number of pyridine rings is 1. The fourth-order valence-corrected chi connectivity index (χ4v) is 4.92. The number of imide groups is 1. The summed E-state index contributed by atoms with van der Waals surface area (Å²) in [5.74, 6) is -0.653. The molecule has 5 amide bonds. The molecular formula is C22H29N5O4. The fraction of sp³-hybridized carbons (Fsp3) is 0.591. The molecule has 31 heavy (non-hydrogen) atoms. The second-order valence-electron chi connectivity index (χ2n) is 8.85. The number of nitrogens with zero attached hydrogens (tertiary/aromatic N) is 3. The topological polar surface area (TPSA) is 112 Å². The number of carbonyl (C=O) groups excluding carboxylic acids is 4. The van der Waals surface area contributed by atoms with E-state index in [1.54, 1.807) is 17.9 Å². The van der Waals surface area contributed by atoms with Crippen LogP contribution in [0.1, 0.15) is 51.1 Å². The van der Waals surface area contributed by atoms with Gasteiger partial charge in [0.15, 0.2) is 0 Å². The number of nitrogens with one attached hydrogen (secondary N) is 2. The van der Waals surface area contributed by atoms with Crippen molar-refractivity contribution in [2.24, 2.45) is 5.92 Å². The number of hydrogen-bond acceptors (Lipinski definition) is 5. The van der Waals surface area contributed by atoms with Crippen LogP contribution in [0, 0.1) is 12.8 Å². The van der Waals surface area contributed by atoms with Crippen LogP contribution >= 0.6 is 0 Å². The highest BCUT2D eigenvalue weighted by atomic mass is 16.2. The number of carbonyl (C=O) groups is 4. The number of hydrogen-bond donors (Lipinski definition) is 2. The molecule has 166 valence electrons. The maximum Gasteiger partial charge on any atom is 0.325 e. The Morgan fingerprint density at radius 3 is 2.68 bits per heavy atom. The summed E-state index contributed by atoms with van der Waals surface area (Å²) in [6.07, 6.45) is 4.37. The molecule has 1 saturated carbocycles. The van der Waals surface area contributed by atoms with Crippen LogP contribution in [0.3, 0.4) is 0 Å². The number of aryl methyl sites for hydroxylation is 1. The van der Waals surface area contributed by atoms with Crippen LogP contribution in [0.25, 0.3) is 0 Å². The van der Waals surface area contributed by atoms with Crippen molar-refractivity contribution in [1.29, 1.82) is 0 Å². The normalized spacial score (nSPS) is 23.7. The molecule has 1 aromatic rings. The average Bonchev–Trinajstić information content (AvgIpc) is 3.31. The predicted octanol–water partition coefficient (Wildman–Crippen LogP) is 1.82. The lowest BCUT2D eigenvalue weighted by molar-refractivity contribution is -0.144. The Morgan fingerprint density at radius 2 is 1.97 bits per heavy atom. The van der Waals surface area contributed by atoms with Crippen LogP contribution in [-0.2, 0) is 14.4 Å². The highest BCUT2D eigenvalue weighted by molar-refractivity contribution is 6.10. The van der Waals surface area contributed by atoms with Crippen LogP contribution < -0.4 is 10.6 Å². The van der Waals surface area contributed by atoms with Gasteiger partial charge in [-0.1, -0.05) is 18.9 Å². The molecule has 0 aromatic carbocycles. The maximum atomic E-state index is 13.2. The maximum absolute atomic E-state index is 13.2. The summed E-state index contributed by atoms with van der Waals surface area (Å²) in [4.78, 5) is 58.4. The van der Waals surface area contributed by atoms with Crippen LogP contribution in [0.4, 0.5) is 10.6 Å². The molecule has 2 saturated heterocycles. The minimum absolute atomic E-state index is 0.178. The van der Waals surface area contributed by atoms with Crippen LogP contribution in [0.15, 0.2) is 18.2 Å². The minimum Gasteiger partial charge on any atom is -0.340 e. The van der Waals surface area contributed by atoms with Gasteiger partial charge in [-0.2, -0.15) is 0 Å². The second kappa shape index (κ2) is 8.28. The number of urea groups is 1. The molecular weight excluding hydrogens is 398 g/mol. The van der Waals surface area contributed by atoms with Gasteiger partial charge >= 0.3 is 6.03 Å². The van der Waals surface area contributed by atoms with Crippen molar-refractivity contribution >= 4 is 29.6 Å². The van der Waals surface area contributed by atoms with Crippen molar-refractivity contribution in [2.45, 2.75) is 64.0 Å². The van der Waals surface area contributed by atoms with Gasteiger partial charge in [-0.3, -0.25) is 14.4 Å². The minimum atomic E-state index is -0.896. The molecule has 3 heterocycles. The molecule has 2 aliphatic heterocycles. The molecule has 2 atom stereocenters. The smallest absolute Gasteiger partial charge is 0.325 e. The monoisotopic (exact) mass is 427 g/mol. The number of anilines is 1. The highest BCUT2D eigenvalue weighted by Crippen LogP contribution is 2.36. The number of piperidine rings is 1. The average molecular weight is 428 g/mol. The third kappa shape index (κ3) is 4.00. The third-order valence-corrected chi connectivity index (χ3v) is 6.64. The van der Waals surface area contributed by atoms with Gasteiger partial charge in [0.1, 0.15) is 17.4 Å². The van der Waals surface area contributed by atoms with Gasteiger partial charge in [-0.05, 0) is 51.7 Å². The molecule has 0 radical (unpaired) electrons. The number of likely N-dealkylation sites (tertiary alicyclic amines) is 1. The van der Waals surface area contributed by atoms with Gasteiger partial charge in [-0.25, -0.2) is 14.7 Å². The van der Waals surface area contributed by atoms with E-state index in [0.717, 1.165) is 23.4 Å². The zero-order chi connectivity index (χ0) is 22.2. The summed E-state index contributed by atoms with van der Waals surface area (Å²) in [5.41, 5.74) is -0.0304. The van der Waals surface area contributed by atoms with E-state index in [2.05, 4.69) is 15.6 Å². The van der Waals surface area contributed by atoms with E-state index in [4.69, 9.17) is 0 Å². The summed E-state index contributed by atoms with van der Waals surface area (Å²) in [6, 6.07) is 4.02. The van der Waals surface area contributed by atoms with Crippen LogP contribution in [0.2, 0.25) is 0 Å². The molecule has 1 spiro atoms. The molecule has 2 unspecified atom stereocenters. The quantitative estimate of drug-likeness (QED) is 0.712. The van der Waals surface area contributed by atoms with Gasteiger partial charge in [0.25, 0.3) is 5.91 Å². The Kier molecular flexibility index (Phi) is 5.68. The Bertz CT molecular complexity index is 911.